The van der Waals surface area contributed by atoms with E-state index >= 15 is 0 Å². The average Bonchev–Trinajstić information content (AvgIpc) is 3.41. The molecule has 3 aromatic heterocycles. The van der Waals surface area contributed by atoms with Crippen LogP contribution in [0.5, 0.6) is 0 Å². The Morgan fingerprint density at radius 3 is 2.34 bits per heavy atom. The van der Waals surface area contributed by atoms with Crippen molar-refractivity contribution >= 4 is 34.4 Å². The van der Waals surface area contributed by atoms with E-state index in [-0.39, 0.29) is 35.7 Å². The van der Waals surface area contributed by atoms with Crippen molar-refractivity contribution in [3.8, 4) is 0 Å². The molecule has 7 heterocycles. The summed E-state index contributed by atoms with van der Waals surface area (Å²) in [5.41, 5.74) is 7.89. The topological polar surface area (TPSA) is 160 Å². The van der Waals surface area contributed by atoms with Gasteiger partial charge < -0.3 is 39.4 Å². The van der Waals surface area contributed by atoms with Gasteiger partial charge in [-0.3, -0.25) is 34.0 Å². The number of carbonyl (C=O) groups excluding carboxylic acids is 3. The molecule has 16 heteroatoms. The van der Waals surface area contributed by atoms with E-state index in [1.165, 1.54) is 0 Å². The Morgan fingerprint density at radius 2 is 1.59 bits per heavy atom. The first-order valence-corrected chi connectivity index (χ1v) is 26.1. The predicted octanol–water partition coefficient (Wildman–Crippen LogP) is 5.42. The number of allylic oxidation sites excluding steroid dienone is 2. The maximum absolute atomic E-state index is 13.8. The summed E-state index contributed by atoms with van der Waals surface area (Å²) in [5.74, 6) is 2.62. The molecule has 1 unspecified atom stereocenters. The molecule has 378 valence electrons. The number of aromatic amines is 1. The number of fused-ring (bicyclic) bond motifs is 1. The smallest absolute Gasteiger partial charge is 0.272 e. The van der Waals surface area contributed by atoms with Crippen LogP contribution in [0.15, 0.2) is 88.9 Å². The molecule has 1 atom stereocenters. The molecule has 9 rings (SSSR count). The molecule has 71 heavy (non-hydrogen) atoms. The summed E-state index contributed by atoms with van der Waals surface area (Å²) in [5, 5.41) is 3.37. The van der Waals surface area contributed by atoms with Gasteiger partial charge in [0.15, 0.2) is 0 Å². The van der Waals surface area contributed by atoms with Crippen LogP contribution in [0.4, 0.5) is 5.69 Å². The predicted molar refractivity (Wildman–Crippen MR) is 275 cm³/mol. The van der Waals surface area contributed by atoms with Gasteiger partial charge in [-0.2, -0.15) is 0 Å². The zero-order chi connectivity index (χ0) is 49.3. The van der Waals surface area contributed by atoms with Gasteiger partial charge >= 0.3 is 0 Å². The number of piperidine rings is 2. The monoisotopic (exact) mass is 969 g/mol. The van der Waals surface area contributed by atoms with Gasteiger partial charge in [0, 0.05) is 134 Å². The van der Waals surface area contributed by atoms with Crippen molar-refractivity contribution in [2.75, 3.05) is 117 Å². The number of anilines is 1. The number of aryl methyl sites for hydroxylation is 1. The number of carbonyl (C=O) groups is 3. The van der Waals surface area contributed by atoms with Crippen molar-refractivity contribution < 1.29 is 23.9 Å². The second kappa shape index (κ2) is 23.4. The Bertz CT molecular complexity index is 2630. The van der Waals surface area contributed by atoms with Crippen molar-refractivity contribution in [3.63, 3.8) is 0 Å². The summed E-state index contributed by atoms with van der Waals surface area (Å²) in [7, 11) is 1.68. The number of benzene rings is 1. The number of rotatable bonds is 16. The minimum absolute atomic E-state index is 0.00508. The molecule has 4 saturated heterocycles. The number of aromatic nitrogens is 3. The van der Waals surface area contributed by atoms with Crippen LogP contribution in [-0.2, 0) is 27.2 Å². The molecule has 0 radical (unpaired) electrons. The zero-order valence-corrected chi connectivity index (χ0v) is 42.0. The highest BCUT2D eigenvalue weighted by atomic mass is 16.5. The van der Waals surface area contributed by atoms with Gasteiger partial charge in [-0.15, -0.1) is 0 Å². The van der Waals surface area contributed by atoms with E-state index in [1.807, 2.05) is 83.4 Å². The molecule has 16 nitrogen and oxygen atoms in total. The molecule has 0 bridgehead atoms. The van der Waals surface area contributed by atoms with Gasteiger partial charge in [-0.25, -0.2) is 4.98 Å². The highest BCUT2D eigenvalue weighted by molar-refractivity contribution is 5.94. The lowest BCUT2D eigenvalue weighted by Crippen LogP contribution is -2.50. The third kappa shape index (κ3) is 12.3. The summed E-state index contributed by atoms with van der Waals surface area (Å²) in [4.78, 5) is 78.5. The van der Waals surface area contributed by atoms with Gasteiger partial charge in [0.2, 0.25) is 5.91 Å². The largest absolute Gasteiger partial charge is 0.501 e. The van der Waals surface area contributed by atoms with Gasteiger partial charge in [0.05, 0.1) is 48.9 Å². The van der Waals surface area contributed by atoms with Crippen molar-refractivity contribution in [3.05, 3.63) is 122 Å². The second-order valence-corrected chi connectivity index (χ2v) is 19.9. The first-order valence-electron chi connectivity index (χ1n) is 26.1. The molecule has 4 fully saturated rings. The fourth-order valence-corrected chi connectivity index (χ4v) is 11.0. The third-order valence-corrected chi connectivity index (χ3v) is 15.3. The fourth-order valence-electron chi connectivity index (χ4n) is 11.0. The highest BCUT2D eigenvalue weighted by Crippen LogP contribution is 2.29. The molecule has 2 N–H and O–H groups in total. The first-order chi connectivity index (χ1) is 34.6. The Hall–Kier alpha value is -6.10. The van der Waals surface area contributed by atoms with Crippen LogP contribution in [0.1, 0.15) is 95.8 Å². The number of nitrogens with zero attached hydrogens (tertiary/aromatic N) is 8. The quantitative estimate of drug-likeness (QED) is 0.147. The molecule has 4 aromatic rings. The number of ether oxygens (including phenoxy) is 2. The lowest BCUT2D eigenvalue weighted by molar-refractivity contribution is -0.131. The summed E-state index contributed by atoms with van der Waals surface area (Å²) >= 11 is 0. The standard InChI is InChI=1S/C55H72N10O6/c1-4-41-30-49-50(59-53(41)67)28-40(32-57-49)37-61-20-24-62(25-21-61)46-12-14-48(58-34-46)55(69)63-18-15-39(16-19-63)36-60-22-26-64(27-23-60)54(68)43-9-6-8-42(29-43)45-10-7-17-65(38-45)52(66)35-56-33-44-11-13-47(70-3)31-51(44)71-5-2/h6,8-9,12,14,28-32,34,39,45,56H,4-5,7,10-11,13,15-27,33,35-38H2,1-3H3,(H,59,67). The molecular formula is C55H72N10O6. The zero-order valence-electron chi connectivity index (χ0n) is 42.0. The number of H-pyrrole nitrogens is 1. The number of hydrogen-bond donors (Lipinski definition) is 2. The number of hydrogen-bond acceptors (Lipinski definition) is 12. The second-order valence-electron chi connectivity index (χ2n) is 19.9. The number of pyridine rings is 3. The number of piperazine rings is 2. The SMILES string of the molecule is CCOC1=C(CNCC(=O)N2CCCC(c3cccc(C(=O)N4CCN(CC5CCN(C(=O)c6ccc(N7CCN(Cc8cnc9cc(CC)c(=O)[nH]c9c8)CC7)cn6)CC5)CC4)c3)C2)CCC(OC)=C1. The molecule has 0 saturated carbocycles. The normalized spacial score (nSPS) is 19.8. The minimum Gasteiger partial charge on any atom is -0.501 e. The fraction of sp³-hybridized carbons (Fsp3) is 0.527. The van der Waals surface area contributed by atoms with E-state index in [4.69, 9.17) is 9.47 Å². The Labute approximate surface area is 418 Å². The maximum Gasteiger partial charge on any atom is 0.272 e. The van der Waals surface area contributed by atoms with Gasteiger partial charge in [0.1, 0.15) is 11.5 Å². The van der Waals surface area contributed by atoms with Gasteiger partial charge in [-0.05, 0) is 104 Å². The Morgan fingerprint density at radius 1 is 0.803 bits per heavy atom. The summed E-state index contributed by atoms with van der Waals surface area (Å²) < 4.78 is 11.3. The van der Waals surface area contributed by atoms with Crippen LogP contribution in [-0.4, -0.2) is 169 Å². The maximum atomic E-state index is 13.8. The van der Waals surface area contributed by atoms with Gasteiger partial charge in [-0.1, -0.05) is 19.1 Å². The van der Waals surface area contributed by atoms with Crippen molar-refractivity contribution in [1.82, 2.24) is 44.8 Å². The third-order valence-electron chi connectivity index (χ3n) is 15.3. The van der Waals surface area contributed by atoms with Gasteiger partial charge in [0.25, 0.3) is 17.4 Å². The van der Waals surface area contributed by atoms with Crippen LogP contribution < -0.4 is 15.8 Å². The highest BCUT2D eigenvalue weighted by Gasteiger charge is 2.30. The Balaban J connectivity index is 0.675. The van der Waals surface area contributed by atoms with Crippen molar-refractivity contribution in [1.29, 1.82) is 0 Å². The molecule has 1 aromatic carbocycles. The van der Waals surface area contributed by atoms with Crippen LogP contribution in [0.25, 0.3) is 11.0 Å². The molecule has 4 aliphatic heterocycles. The van der Waals surface area contributed by atoms with E-state index in [0.29, 0.717) is 50.8 Å². The van der Waals surface area contributed by atoms with Crippen molar-refractivity contribution in [2.24, 2.45) is 5.92 Å². The van der Waals surface area contributed by atoms with Crippen LogP contribution >= 0.6 is 0 Å². The number of amides is 3. The molecule has 0 spiro atoms. The summed E-state index contributed by atoms with van der Waals surface area (Å²) in [6.45, 7) is 16.5. The van der Waals surface area contributed by atoms with Crippen LogP contribution in [0.2, 0.25) is 0 Å². The first kappa shape index (κ1) is 49.9. The summed E-state index contributed by atoms with van der Waals surface area (Å²) in [6.07, 6.45) is 11.9. The number of methoxy groups -OCH3 is 1. The van der Waals surface area contributed by atoms with Crippen LogP contribution in [0, 0.1) is 5.92 Å². The lowest BCUT2D eigenvalue weighted by atomic mass is 9.89. The van der Waals surface area contributed by atoms with E-state index in [9.17, 15) is 19.2 Å². The molecule has 5 aliphatic rings. The lowest BCUT2D eigenvalue weighted by Gasteiger charge is -2.39. The molecule has 3 amide bonds. The average molecular weight is 969 g/mol. The van der Waals surface area contributed by atoms with E-state index in [2.05, 4.69) is 47.1 Å². The Kier molecular flexibility index (Phi) is 16.4. The minimum atomic E-state index is -0.0440. The molecular weight excluding hydrogens is 897 g/mol. The summed E-state index contributed by atoms with van der Waals surface area (Å²) in [6, 6.07) is 15.9. The van der Waals surface area contributed by atoms with E-state index < -0.39 is 0 Å². The molecule has 1 aliphatic carbocycles. The van der Waals surface area contributed by atoms with Crippen LogP contribution in [0.3, 0.4) is 0 Å². The number of nitrogens with one attached hydrogen (secondary N) is 2. The van der Waals surface area contributed by atoms with E-state index in [0.717, 1.165) is 167 Å². The number of likely N-dealkylation sites (tertiary alicyclic amines) is 2. The van der Waals surface area contributed by atoms with Crippen molar-refractivity contribution in [2.45, 2.75) is 71.3 Å². The van der Waals surface area contributed by atoms with E-state index in [1.54, 1.807) is 7.11 Å².